The van der Waals surface area contributed by atoms with Gasteiger partial charge in [-0.05, 0) is 24.8 Å². The zero-order valence-electron chi connectivity index (χ0n) is 12.2. The lowest BCUT2D eigenvalue weighted by atomic mass is 10.00. The second-order valence-electron chi connectivity index (χ2n) is 5.76. The van der Waals surface area contributed by atoms with E-state index in [0.717, 1.165) is 12.8 Å². The van der Waals surface area contributed by atoms with Crippen molar-refractivity contribution in [1.29, 1.82) is 0 Å². The fourth-order valence-electron chi connectivity index (χ4n) is 2.98. The number of benzene rings is 1. The van der Waals surface area contributed by atoms with Crippen LogP contribution < -0.4 is 5.73 Å². The van der Waals surface area contributed by atoms with Gasteiger partial charge in [-0.2, -0.15) is 0 Å². The second kappa shape index (κ2) is 6.35. The molecule has 110 valence electrons. The fraction of sp³-hybridized carbons (Fsp3) is 0.562. The van der Waals surface area contributed by atoms with Crippen molar-refractivity contribution in [3.8, 4) is 0 Å². The number of carbonyl (C=O) groups is 1. The molecule has 4 heteroatoms. The molecule has 20 heavy (non-hydrogen) atoms. The van der Waals surface area contributed by atoms with Crippen LogP contribution in [0.15, 0.2) is 24.3 Å². The Labute approximate surface area is 120 Å². The van der Waals surface area contributed by atoms with E-state index in [-0.39, 0.29) is 17.8 Å². The van der Waals surface area contributed by atoms with Crippen LogP contribution in [0.4, 0.5) is 4.39 Å². The molecule has 0 saturated carbocycles. The standard InChI is InChI=1S/C16H23FN2O/c1-3-6-14(18)16(20)19-10-11(2)9-15(19)12-7-4-5-8-13(12)17/h4-5,7-8,11,14-15H,3,6,9-10,18H2,1-2H3. The Kier molecular flexibility index (Phi) is 4.76. The summed E-state index contributed by atoms with van der Waals surface area (Å²) in [5.74, 6) is 0.0790. The van der Waals surface area contributed by atoms with Crippen molar-refractivity contribution in [2.45, 2.75) is 45.2 Å². The molecule has 1 aliphatic heterocycles. The molecule has 1 amide bonds. The molecule has 0 radical (unpaired) electrons. The molecule has 3 unspecified atom stereocenters. The summed E-state index contributed by atoms with van der Waals surface area (Å²) in [7, 11) is 0. The van der Waals surface area contributed by atoms with E-state index in [1.54, 1.807) is 17.0 Å². The average Bonchev–Trinajstić information content (AvgIpc) is 2.80. The van der Waals surface area contributed by atoms with E-state index in [9.17, 15) is 9.18 Å². The van der Waals surface area contributed by atoms with Gasteiger partial charge in [0, 0.05) is 12.1 Å². The van der Waals surface area contributed by atoms with Crippen molar-refractivity contribution in [2.24, 2.45) is 11.7 Å². The molecule has 0 bridgehead atoms. The van der Waals surface area contributed by atoms with Crippen molar-refractivity contribution in [2.75, 3.05) is 6.54 Å². The minimum atomic E-state index is -0.473. The molecular weight excluding hydrogens is 255 g/mol. The van der Waals surface area contributed by atoms with Gasteiger partial charge in [0.1, 0.15) is 5.82 Å². The van der Waals surface area contributed by atoms with Crippen LogP contribution in [-0.4, -0.2) is 23.4 Å². The first-order chi connectivity index (χ1) is 9.54. The van der Waals surface area contributed by atoms with E-state index in [1.165, 1.54) is 6.07 Å². The zero-order chi connectivity index (χ0) is 14.7. The van der Waals surface area contributed by atoms with E-state index >= 15 is 0 Å². The number of halogens is 1. The molecule has 2 N–H and O–H groups in total. The van der Waals surface area contributed by atoms with Gasteiger partial charge in [0.2, 0.25) is 5.91 Å². The van der Waals surface area contributed by atoms with Crippen molar-refractivity contribution in [3.63, 3.8) is 0 Å². The molecule has 0 aromatic heterocycles. The molecule has 3 nitrogen and oxygen atoms in total. The number of rotatable bonds is 4. The predicted octanol–water partition coefficient (Wildman–Crippen LogP) is 2.86. The lowest BCUT2D eigenvalue weighted by Crippen LogP contribution is -2.43. The number of amides is 1. The van der Waals surface area contributed by atoms with Crippen molar-refractivity contribution >= 4 is 5.91 Å². The molecule has 1 aliphatic rings. The van der Waals surface area contributed by atoms with Crippen molar-refractivity contribution in [3.05, 3.63) is 35.6 Å². The van der Waals surface area contributed by atoms with Gasteiger partial charge in [-0.1, -0.05) is 38.5 Å². The molecule has 1 saturated heterocycles. The van der Waals surface area contributed by atoms with Crippen LogP contribution in [0.5, 0.6) is 0 Å². The molecule has 1 fully saturated rings. The Morgan fingerprint density at radius 1 is 1.50 bits per heavy atom. The summed E-state index contributed by atoms with van der Waals surface area (Å²) in [4.78, 5) is 14.2. The highest BCUT2D eigenvalue weighted by molar-refractivity contribution is 5.82. The SMILES string of the molecule is CCCC(N)C(=O)N1CC(C)CC1c1ccccc1F. The summed E-state index contributed by atoms with van der Waals surface area (Å²) in [5.41, 5.74) is 6.55. The van der Waals surface area contributed by atoms with E-state index in [2.05, 4.69) is 6.92 Å². The van der Waals surface area contributed by atoms with Crippen LogP contribution in [0.25, 0.3) is 0 Å². The molecular formula is C16H23FN2O. The van der Waals surface area contributed by atoms with Gasteiger partial charge in [-0.3, -0.25) is 4.79 Å². The van der Waals surface area contributed by atoms with Gasteiger partial charge in [-0.25, -0.2) is 4.39 Å². The summed E-state index contributed by atoms with van der Waals surface area (Å²) in [6, 6.07) is 6.06. The van der Waals surface area contributed by atoms with Gasteiger partial charge in [0.25, 0.3) is 0 Å². The molecule has 2 rings (SSSR count). The average molecular weight is 278 g/mol. The van der Waals surface area contributed by atoms with Crippen LogP contribution >= 0.6 is 0 Å². The van der Waals surface area contributed by atoms with E-state index in [4.69, 9.17) is 5.73 Å². The summed E-state index contributed by atoms with van der Waals surface area (Å²) in [5, 5.41) is 0. The van der Waals surface area contributed by atoms with E-state index < -0.39 is 6.04 Å². The van der Waals surface area contributed by atoms with Gasteiger partial charge in [-0.15, -0.1) is 0 Å². The topological polar surface area (TPSA) is 46.3 Å². The largest absolute Gasteiger partial charge is 0.334 e. The highest BCUT2D eigenvalue weighted by atomic mass is 19.1. The first kappa shape index (κ1) is 15.0. The third kappa shape index (κ3) is 3.01. The highest BCUT2D eigenvalue weighted by Gasteiger charge is 2.36. The molecule has 3 atom stereocenters. The first-order valence-corrected chi connectivity index (χ1v) is 7.35. The van der Waals surface area contributed by atoms with E-state index in [0.29, 0.717) is 24.4 Å². The van der Waals surface area contributed by atoms with Gasteiger partial charge in [0.15, 0.2) is 0 Å². The molecule has 0 spiro atoms. The summed E-state index contributed by atoms with van der Waals surface area (Å²) < 4.78 is 14.0. The van der Waals surface area contributed by atoms with Gasteiger partial charge < -0.3 is 10.6 Å². The Morgan fingerprint density at radius 2 is 2.20 bits per heavy atom. The Hall–Kier alpha value is -1.42. The Balaban J connectivity index is 2.23. The predicted molar refractivity (Wildman–Crippen MR) is 77.5 cm³/mol. The van der Waals surface area contributed by atoms with Crippen LogP contribution in [0, 0.1) is 11.7 Å². The fourth-order valence-corrected chi connectivity index (χ4v) is 2.98. The smallest absolute Gasteiger partial charge is 0.240 e. The normalized spacial score (nSPS) is 23.9. The van der Waals surface area contributed by atoms with Crippen LogP contribution in [0.2, 0.25) is 0 Å². The minimum absolute atomic E-state index is 0.0514. The first-order valence-electron chi connectivity index (χ1n) is 7.35. The number of nitrogens with zero attached hydrogens (tertiary/aromatic N) is 1. The third-order valence-electron chi connectivity index (χ3n) is 3.97. The van der Waals surface area contributed by atoms with Crippen molar-refractivity contribution < 1.29 is 9.18 Å². The number of hydrogen-bond acceptors (Lipinski definition) is 2. The maximum Gasteiger partial charge on any atom is 0.240 e. The molecule has 1 heterocycles. The summed E-state index contributed by atoms with van der Waals surface area (Å²) >= 11 is 0. The number of hydrogen-bond donors (Lipinski definition) is 1. The quantitative estimate of drug-likeness (QED) is 0.920. The number of carbonyl (C=O) groups excluding carboxylic acids is 1. The lowest BCUT2D eigenvalue weighted by molar-refractivity contribution is -0.133. The van der Waals surface area contributed by atoms with Crippen LogP contribution in [0.1, 0.15) is 44.7 Å². The minimum Gasteiger partial charge on any atom is -0.334 e. The lowest BCUT2D eigenvalue weighted by Gasteiger charge is -2.28. The second-order valence-corrected chi connectivity index (χ2v) is 5.76. The summed E-state index contributed by atoms with van der Waals surface area (Å²) in [6.45, 7) is 4.76. The summed E-state index contributed by atoms with van der Waals surface area (Å²) in [6.07, 6.45) is 2.35. The zero-order valence-corrected chi connectivity index (χ0v) is 12.2. The molecule has 0 aliphatic carbocycles. The van der Waals surface area contributed by atoms with Gasteiger partial charge in [0.05, 0.1) is 12.1 Å². The number of likely N-dealkylation sites (tertiary alicyclic amines) is 1. The van der Waals surface area contributed by atoms with Crippen molar-refractivity contribution in [1.82, 2.24) is 4.90 Å². The monoisotopic (exact) mass is 278 g/mol. The van der Waals surface area contributed by atoms with Gasteiger partial charge >= 0.3 is 0 Å². The maximum absolute atomic E-state index is 14.0. The Morgan fingerprint density at radius 3 is 2.85 bits per heavy atom. The number of nitrogens with two attached hydrogens (primary N) is 1. The molecule has 1 aromatic rings. The molecule has 1 aromatic carbocycles. The Bertz CT molecular complexity index is 477. The maximum atomic E-state index is 14.0. The van der Waals surface area contributed by atoms with Crippen LogP contribution in [-0.2, 0) is 4.79 Å². The van der Waals surface area contributed by atoms with Crippen LogP contribution in [0.3, 0.4) is 0 Å². The highest BCUT2D eigenvalue weighted by Crippen LogP contribution is 2.36. The third-order valence-corrected chi connectivity index (χ3v) is 3.97. The van der Waals surface area contributed by atoms with E-state index in [1.807, 2.05) is 13.0 Å².